The third-order valence-electron chi connectivity index (χ3n) is 7.60. The van der Waals surface area contributed by atoms with E-state index in [4.69, 9.17) is 38.7 Å². The lowest BCUT2D eigenvalue weighted by molar-refractivity contribution is 0.187. The second kappa shape index (κ2) is 8.15. The van der Waals surface area contributed by atoms with Gasteiger partial charge in [-0.15, -0.1) is 0 Å². The summed E-state index contributed by atoms with van der Waals surface area (Å²) in [5.41, 5.74) is 11.1. The summed E-state index contributed by atoms with van der Waals surface area (Å²) in [6.45, 7) is 1.77. The van der Waals surface area contributed by atoms with Gasteiger partial charge in [-0.25, -0.2) is 9.97 Å². The van der Waals surface area contributed by atoms with Crippen molar-refractivity contribution in [3.63, 3.8) is 0 Å². The van der Waals surface area contributed by atoms with E-state index in [9.17, 15) is 0 Å². The van der Waals surface area contributed by atoms with Crippen LogP contribution in [0.1, 0.15) is 30.0 Å². The first kappa shape index (κ1) is 21.7. The molecule has 3 heterocycles. The first-order valence-electron chi connectivity index (χ1n) is 11.5. The SMILES string of the molecule is COc1cccc2c1CC1(CCN(c3nccn4c(-c5cccc(Cl)c5Cl)ncc34)CC1)[C@@H]2N. The third-order valence-corrected chi connectivity index (χ3v) is 8.42. The molecule has 0 unspecified atom stereocenters. The number of rotatable bonds is 3. The number of hydrogen-bond acceptors (Lipinski definition) is 5. The molecule has 1 saturated heterocycles. The van der Waals surface area contributed by atoms with Gasteiger partial charge in [0.25, 0.3) is 0 Å². The number of piperidine rings is 1. The van der Waals surface area contributed by atoms with Crippen LogP contribution in [0, 0.1) is 5.41 Å². The Morgan fingerprint density at radius 1 is 1.09 bits per heavy atom. The van der Waals surface area contributed by atoms with Crippen LogP contribution in [-0.4, -0.2) is 34.6 Å². The zero-order valence-electron chi connectivity index (χ0n) is 18.8. The summed E-state index contributed by atoms with van der Waals surface area (Å²) in [6, 6.07) is 11.8. The predicted molar refractivity (Wildman–Crippen MR) is 136 cm³/mol. The lowest BCUT2D eigenvalue weighted by Crippen LogP contribution is -2.44. The van der Waals surface area contributed by atoms with Crippen LogP contribution in [0.2, 0.25) is 10.0 Å². The Labute approximate surface area is 208 Å². The zero-order valence-corrected chi connectivity index (χ0v) is 20.4. The van der Waals surface area contributed by atoms with Crippen molar-refractivity contribution in [3.8, 4) is 17.1 Å². The van der Waals surface area contributed by atoms with Crippen molar-refractivity contribution in [2.75, 3.05) is 25.1 Å². The molecular formula is C26H25Cl2N5O. The van der Waals surface area contributed by atoms with Crippen LogP contribution in [-0.2, 0) is 6.42 Å². The van der Waals surface area contributed by atoms with E-state index in [0.29, 0.717) is 10.0 Å². The van der Waals surface area contributed by atoms with Crippen LogP contribution < -0.4 is 15.4 Å². The molecule has 0 bridgehead atoms. The Balaban J connectivity index is 1.29. The zero-order chi connectivity index (χ0) is 23.4. The summed E-state index contributed by atoms with van der Waals surface area (Å²) < 4.78 is 7.66. The van der Waals surface area contributed by atoms with E-state index in [1.54, 1.807) is 13.2 Å². The van der Waals surface area contributed by atoms with Crippen LogP contribution in [0.25, 0.3) is 16.9 Å². The topological polar surface area (TPSA) is 68.7 Å². The molecule has 174 valence electrons. The Morgan fingerprint density at radius 2 is 1.88 bits per heavy atom. The Hall–Kier alpha value is -2.80. The van der Waals surface area contributed by atoms with Crippen molar-refractivity contribution < 1.29 is 4.74 Å². The second-order valence-corrected chi connectivity index (χ2v) is 10.0. The second-order valence-electron chi connectivity index (χ2n) is 9.22. The van der Waals surface area contributed by atoms with Crippen LogP contribution >= 0.6 is 23.2 Å². The molecule has 0 radical (unpaired) electrons. The first-order chi connectivity index (χ1) is 16.5. The molecule has 1 aliphatic carbocycles. The van der Waals surface area contributed by atoms with E-state index in [2.05, 4.69) is 16.0 Å². The van der Waals surface area contributed by atoms with Gasteiger partial charge in [0.1, 0.15) is 17.1 Å². The normalized spacial score (nSPS) is 19.1. The van der Waals surface area contributed by atoms with Crippen molar-refractivity contribution in [2.45, 2.75) is 25.3 Å². The number of halogens is 2. The lowest BCUT2D eigenvalue weighted by atomic mass is 9.73. The summed E-state index contributed by atoms with van der Waals surface area (Å²) >= 11 is 12.7. The van der Waals surface area contributed by atoms with E-state index in [0.717, 1.165) is 60.8 Å². The van der Waals surface area contributed by atoms with Gasteiger partial charge >= 0.3 is 0 Å². The minimum Gasteiger partial charge on any atom is -0.496 e. The van der Waals surface area contributed by atoms with Crippen LogP contribution in [0.15, 0.2) is 55.0 Å². The molecule has 34 heavy (non-hydrogen) atoms. The minimum absolute atomic E-state index is 0.0232. The largest absolute Gasteiger partial charge is 0.496 e. The average molecular weight is 494 g/mol. The Kier molecular flexibility index (Phi) is 5.21. The molecule has 6 nitrogen and oxygen atoms in total. The average Bonchev–Trinajstić information content (AvgIpc) is 3.41. The van der Waals surface area contributed by atoms with E-state index in [1.165, 1.54) is 11.1 Å². The standard InChI is InChI=1S/C26H25Cl2N5O/c1-34-21-7-3-4-16-18(21)14-26(23(16)29)8-11-32(12-9-26)25-20-15-31-24(33(20)13-10-30-25)17-5-2-6-19(27)22(17)28/h2-7,10,13,15,23H,8-9,11-12,14,29H2,1H3/t23-/m1/s1. The maximum atomic E-state index is 6.82. The Morgan fingerprint density at radius 3 is 2.68 bits per heavy atom. The lowest BCUT2D eigenvalue weighted by Gasteiger charge is -2.42. The highest BCUT2D eigenvalue weighted by Crippen LogP contribution is 2.53. The number of nitrogens with two attached hydrogens (primary N) is 1. The molecule has 0 saturated carbocycles. The summed E-state index contributed by atoms with van der Waals surface area (Å²) in [6.07, 6.45) is 8.55. The maximum Gasteiger partial charge on any atom is 0.154 e. The van der Waals surface area contributed by atoms with Gasteiger partial charge in [0.2, 0.25) is 0 Å². The number of methoxy groups -OCH3 is 1. The molecule has 0 amide bonds. The fourth-order valence-electron chi connectivity index (χ4n) is 5.73. The van der Waals surface area contributed by atoms with Gasteiger partial charge in [-0.05, 0) is 54.0 Å². The fourth-order valence-corrected chi connectivity index (χ4v) is 6.12. The fraction of sp³-hybridized carbons (Fsp3) is 0.308. The van der Waals surface area contributed by atoms with Gasteiger partial charge in [0.15, 0.2) is 5.82 Å². The maximum absolute atomic E-state index is 6.82. The number of ether oxygens (including phenoxy) is 1. The van der Waals surface area contributed by atoms with Gasteiger partial charge < -0.3 is 15.4 Å². The molecule has 6 rings (SSSR count). The number of anilines is 1. The summed E-state index contributed by atoms with van der Waals surface area (Å²) in [4.78, 5) is 11.8. The molecule has 1 fully saturated rings. The van der Waals surface area contributed by atoms with Gasteiger partial charge in [0.05, 0.1) is 23.4 Å². The van der Waals surface area contributed by atoms with Gasteiger partial charge in [-0.2, -0.15) is 0 Å². The van der Waals surface area contributed by atoms with Crippen LogP contribution in [0.5, 0.6) is 5.75 Å². The molecule has 8 heteroatoms. The van der Waals surface area contributed by atoms with Crippen molar-refractivity contribution in [2.24, 2.45) is 11.1 Å². The van der Waals surface area contributed by atoms with E-state index < -0.39 is 0 Å². The predicted octanol–water partition coefficient (Wildman–Crippen LogP) is 5.55. The Bertz CT molecular complexity index is 1390. The smallest absolute Gasteiger partial charge is 0.154 e. The first-order valence-corrected chi connectivity index (χ1v) is 12.2. The van der Waals surface area contributed by atoms with Gasteiger partial charge in [-0.3, -0.25) is 4.40 Å². The molecule has 2 aromatic heterocycles. The quantitative estimate of drug-likeness (QED) is 0.404. The van der Waals surface area contributed by atoms with E-state index in [-0.39, 0.29) is 11.5 Å². The van der Waals surface area contributed by atoms with E-state index >= 15 is 0 Å². The van der Waals surface area contributed by atoms with Crippen LogP contribution in [0.4, 0.5) is 5.82 Å². The highest BCUT2D eigenvalue weighted by atomic mass is 35.5. The minimum atomic E-state index is 0.0232. The molecular weight excluding hydrogens is 469 g/mol. The van der Waals surface area contributed by atoms with Gasteiger partial charge in [0, 0.05) is 37.1 Å². The van der Waals surface area contributed by atoms with Crippen molar-refractivity contribution >= 4 is 34.5 Å². The number of fused-ring (bicyclic) bond motifs is 2. The highest BCUT2D eigenvalue weighted by molar-refractivity contribution is 6.43. The number of hydrogen-bond donors (Lipinski definition) is 1. The molecule has 4 aromatic rings. The number of imidazole rings is 1. The molecule has 1 spiro atoms. The summed E-state index contributed by atoms with van der Waals surface area (Å²) in [5, 5.41) is 1.01. The molecule has 1 aliphatic heterocycles. The number of aromatic nitrogens is 3. The van der Waals surface area contributed by atoms with E-state index in [1.807, 2.05) is 47.3 Å². The summed E-state index contributed by atoms with van der Waals surface area (Å²) in [7, 11) is 1.73. The summed E-state index contributed by atoms with van der Waals surface area (Å²) in [5.74, 6) is 2.63. The highest BCUT2D eigenvalue weighted by Gasteiger charge is 2.47. The van der Waals surface area contributed by atoms with Crippen molar-refractivity contribution in [3.05, 3.63) is 76.2 Å². The molecule has 1 atom stereocenters. The number of nitrogens with zero attached hydrogens (tertiary/aromatic N) is 4. The van der Waals surface area contributed by atoms with Crippen LogP contribution in [0.3, 0.4) is 0 Å². The number of benzene rings is 2. The van der Waals surface area contributed by atoms with Crippen molar-refractivity contribution in [1.29, 1.82) is 0 Å². The molecule has 2 aromatic carbocycles. The third kappa shape index (κ3) is 3.20. The molecule has 2 aliphatic rings. The van der Waals surface area contributed by atoms with Crippen molar-refractivity contribution in [1.82, 2.24) is 14.4 Å². The molecule has 2 N–H and O–H groups in total. The van der Waals surface area contributed by atoms with Gasteiger partial charge in [-0.1, -0.05) is 41.4 Å². The monoisotopic (exact) mass is 493 g/mol.